The zero-order chi connectivity index (χ0) is 42.6. The zero-order valence-corrected chi connectivity index (χ0v) is 37.0. The van der Waals surface area contributed by atoms with Gasteiger partial charge in [0.2, 0.25) is 0 Å². The van der Waals surface area contributed by atoms with Crippen molar-refractivity contribution in [2.24, 2.45) is 0 Å². The molecule has 0 N–H and O–H groups in total. The van der Waals surface area contributed by atoms with E-state index in [0.29, 0.717) is 0 Å². The molecule has 4 heterocycles. The maximum absolute atomic E-state index is 7.14. The number of fused-ring (bicyclic) bond motifs is 12. The third-order valence-corrected chi connectivity index (χ3v) is 23.7. The standard InChI is InChI=1S/C60H36GeO4/c1-3-13-41(14-4-1)61(42-15-5-2-6-16-42,51-21-11-19-45-49-35-39(27-31-57(49)64-59(45)51)37-25-29-55-47(33-37)43-17-7-9-23-53(43)62-55)52-22-12-20-46-50-36-40(28-32-58(50)65-60(46)52)38-26-30-56-48(34-38)44-18-8-10-24-54(44)63-56/h1-36H. The quantitative estimate of drug-likeness (QED) is 0.156. The second-order valence-corrected chi connectivity index (χ2v) is 24.9. The van der Waals surface area contributed by atoms with Crippen molar-refractivity contribution in [1.82, 2.24) is 0 Å². The molecule has 0 aliphatic rings. The van der Waals surface area contributed by atoms with E-state index in [1.165, 1.54) is 17.6 Å². The number of benzene rings is 10. The molecule has 0 amide bonds. The van der Waals surface area contributed by atoms with E-state index in [4.69, 9.17) is 17.7 Å². The minimum absolute atomic E-state index is 0.861. The Kier molecular flexibility index (Phi) is 7.83. The van der Waals surface area contributed by atoms with Gasteiger partial charge >= 0.3 is 365 Å². The predicted molar refractivity (Wildman–Crippen MR) is 270 cm³/mol. The van der Waals surface area contributed by atoms with Crippen LogP contribution in [0.1, 0.15) is 0 Å². The van der Waals surface area contributed by atoms with Gasteiger partial charge in [0.25, 0.3) is 0 Å². The van der Waals surface area contributed by atoms with Gasteiger partial charge in [-0.3, -0.25) is 0 Å². The van der Waals surface area contributed by atoms with Crippen LogP contribution in [0.15, 0.2) is 236 Å². The van der Waals surface area contributed by atoms with E-state index < -0.39 is 13.3 Å². The van der Waals surface area contributed by atoms with Crippen molar-refractivity contribution < 1.29 is 17.7 Å². The molecule has 0 fully saturated rings. The van der Waals surface area contributed by atoms with Crippen LogP contribution >= 0.6 is 0 Å². The van der Waals surface area contributed by atoms with Crippen LogP contribution in [0, 0.1) is 0 Å². The summed E-state index contributed by atoms with van der Waals surface area (Å²) in [6.07, 6.45) is 0. The van der Waals surface area contributed by atoms with Crippen LogP contribution in [-0.4, -0.2) is 13.3 Å². The van der Waals surface area contributed by atoms with E-state index in [1.54, 1.807) is 0 Å². The van der Waals surface area contributed by atoms with Crippen LogP contribution in [0.4, 0.5) is 0 Å². The van der Waals surface area contributed by atoms with Gasteiger partial charge in [-0.05, 0) is 0 Å². The Morgan fingerprint density at radius 3 is 0.969 bits per heavy atom. The molecule has 14 aromatic rings. The zero-order valence-electron chi connectivity index (χ0n) is 34.9. The summed E-state index contributed by atoms with van der Waals surface area (Å²) in [5.41, 5.74) is 11.6. The fourth-order valence-corrected chi connectivity index (χ4v) is 21.2. The van der Waals surface area contributed by atoms with Gasteiger partial charge in [0.05, 0.1) is 0 Å². The molecule has 0 atom stereocenters. The van der Waals surface area contributed by atoms with Crippen molar-refractivity contribution in [2.75, 3.05) is 0 Å². The van der Waals surface area contributed by atoms with Crippen molar-refractivity contribution in [3.05, 3.63) is 218 Å². The molecule has 0 spiro atoms. The van der Waals surface area contributed by atoms with Crippen molar-refractivity contribution >= 4 is 119 Å². The van der Waals surface area contributed by atoms with Gasteiger partial charge in [-0.15, -0.1) is 0 Å². The molecule has 0 saturated heterocycles. The van der Waals surface area contributed by atoms with Gasteiger partial charge in [-0.1, -0.05) is 12.1 Å². The van der Waals surface area contributed by atoms with E-state index in [0.717, 1.165) is 110 Å². The first-order chi connectivity index (χ1) is 32.2. The first-order valence-electron chi connectivity index (χ1n) is 22.0. The molecule has 4 nitrogen and oxygen atoms in total. The molecule has 0 unspecified atom stereocenters. The number of furan rings is 4. The van der Waals surface area contributed by atoms with Crippen molar-refractivity contribution in [3.63, 3.8) is 0 Å². The maximum atomic E-state index is 7.14. The van der Waals surface area contributed by atoms with Crippen LogP contribution < -0.4 is 17.6 Å². The first kappa shape index (κ1) is 36.4. The van der Waals surface area contributed by atoms with Crippen LogP contribution in [0.3, 0.4) is 0 Å². The molecule has 5 heteroatoms. The molecule has 0 radical (unpaired) electrons. The van der Waals surface area contributed by atoms with Gasteiger partial charge in [0.1, 0.15) is 0 Å². The van der Waals surface area contributed by atoms with Crippen LogP contribution in [-0.2, 0) is 0 Å². The van der Waals surface area contributed by atoms with Crippen LogP contribution in [0.2, 0.25) is 0 Å². The number of hydrogen-bond donors (Lipinski definition) is 0. The van der Waals surface area contributed by atoms with E-state index in [9.17, 15) is 0 Å². The van der Waals surface area contributed by atoms with E-state index in [2.05, 4.69) is 194 Å². The third kappa shape index (κ3) is 5.38. The number of rotatable bonds is 6. The molecule has 14 rings (SSSR count). The van der Waals surface area contributed by atoms with E-state index >= 15 is 0 Å². The van der Waals surface area contributed by atoms with Crippen molar-refractivity contribution in [3.8, 4) is 22.3 Å². The summed E-state index contributed by atoms with van der Waals surface area (Å²) in [4.78, 5) is 0. The Morgan fingerprint density at radius 2 is 0.554 bits per heavy atom. The summed E-state index contributed by atoms with van der Waals surface area (Å²) in [6, 6.07) is 78.4. The van der Waals surface area contributed by atoms with Gasteiger partial charge in [0.15, 0.2) is 0 Å². The Morgan fingerprint density at radius 1 is 0.231 bits per heavy atom. The van der Waals surface area contributed by atoms with Crippen LogP contribution in [0.25, 0.3) is 110 Å². The molecule has 10 aromatic carbocycles. The monoisotopic (exact) mass is 894 g/mol. The van der Waals surface area contributed by atoms with E-state index in [1.807, 2.05) is 24.3 Å². The Hall–Kier alpha value is -8.06. The normalized spacial score (nSPS) is 12.3. The second kappa shape index (κ2) is 14.0. The summed E-state index contributed by atoms with van der Waals surface area (Å²) >= 11 is -4.04. The van der Waals surface area contributed by atoms with Gasteiger partial charge in [-0.2, -0.15) is 0 Å². The molecule has 304 valence electrons. The Balaban J connectivity index is 0.993. The molecule has 0 saturated carbocycles. The molecule has 4 aromatic heterocycles. The minimum atomic E-state index is -4.04. The summed E-state index contributed by atoms with van der Waals surface area (Å²) in [7, 11) is 0. The number of para-hydroxylation sites is 4. The molecule has 65 heavy (non-hydrogen) atoms. The molecule has 0 bridgehead atoms. The van der Waals surface area contributed by atoms with Crippen LogP contribution in [0.5, 0.6) is 0 Å². The topological polar surface area (TPSA) is 52.6 Å². The summed E-state index contributed by atoms with van der Waals surface area (Å²) in [5, 5.41) is 8.84. The molecular weight excluding hydrogens is 857 g/mol. The number of hydrogen-bond acceptors (Lipinski definition) is 4. The summed E-state index contributed by atoms with van der Waals surface area (Å²) in [6.45, 7) is 0. The second-order valence-electron chi connectivity index (χ2n) is 17.1. The predicted octanol–water partition coefficient (Wildman–Crippen LogP) is 14.0. The average Bonchev–Trinajstić information content (AvgIpc) is 4.15. The van der Waals surface area contributed by atoms with Gasteiger partial charge in [-0.25, -0.2) is 0 Å². The fourth-order valence-electron chi connectivity index (χ4n) is 10.7. The summed E-state index contributed by atoms with van der Waals surface area (Å²) < 4.78 is 31.7. The fraction of sp³-hybridized carbons (Fsp3) is 0. The first-order valence-corrected chi connectivity index (χ1v) is 26.2. The Labute approximate surface area is 374 Å². The Bertz CT molecular complexity index is 3920. The molecular formula is C60H36GeO4. The van der Waals surface area contributed by atoms with Gasteiger partial charge < -0.3 is 0 Å². The van der Waals surface area contributed by atoms with Crippen molar-refractivity contribution in [1.29, 1.82) is 0 Å². The molecule has 0 aliphatic carbocycles. The summed E-state index contributed by atoms with van der Waals surface area (Å²) in [5.74, 6) is 0. The SMILES string of the molecule is c1cc[c]([Ge]([c]2ccccc2)([c]2cccc3c2oc2ccc(-c4ccc5oc6ccccc6c5c4)cc23)[c]2cccc3c2oc2ccc(-c4ccc5oc6ccccc6c5c4)cc23)cc1. The third-order valence-electron chi connectivity index (χ3n) is 13.6. The molecule has 0 aliphatic heterocycles. The van der Waals surface area contributed by atoms with E-state index in [-0.39, 0.29) is 0 Å². The average molecular weight is 894 g/mol. The van der Waals surface area contributed by atoms with Crippen molar-refractivity contribution in [2.45, 2.75) is 0 Å². The van der Waals surface area contributed by atoms with Gasteiger partial charge in [0, 0.05) is 0 Å².